The first-order chi connectivity index (χ1) is 16.9. The Hall–Kier alpha value is -4.32. The molecular weight excluding hydrogens is 438 g/mol. The summed E-state index contributed by atoms with van der Waals surface area (Å²) in [5, 5.41) is 0.512. The van der Waals surface area contributed by atoms with Gasteiger partial charge in [-0.25, -0.2) is 4.79 Å². The third-order valence-corrected chi connectivity index (χ3v) is 7.08. The van der Waals surface area contributed by atoms with Crippen LogP contribution in [0.1, 0.15) is 28.5 Å². The molecule has 3 aromatic carbocycles. The monoisotopic (exact) mass is 463 g/mol. The van der Waals surface area contributed by atoms with E-state index in [-0.39, 0.29) is 11.2 Å². The van der Waals surface area contributed by atoms with Gasteiger partial charge in [-0.15, -0.1) is 0 Å². The second-order valence-electron chi connectivity index (χ2n) is 9.14. The van der Waals surface area contributed by atoms with Gasteiger partial charge in [0.05, 0.1) is 28.0 Å². The third-order valence-electron chi connectivity index (χ3n) is 7.08. The summed E-state index contributed by atoms with van der Waals surface area (Å²) in [4.78, 5) is 26.9. The molecule has 0 fully saturated rings. The summed E-state index contributed by atoms with van der Waals surface area (Å²) < 4.78 is 11.5. The van der Waals surface area contributed by atoms with Crippen molar-refractivity contribution in [3.05, 3.63) is 116 Å². The molecule has 1 aliphatic heterocycles. The van der Waals surface area contributed by atoms with Gasteiger partial charge in [0, 0.05) is 25.2 Å². The van der Waals surface area contributed by atoms with Crippen LogP contribution in [0.3, 0.4) is 0 Å². The Kier molecular flexibility index (Phi) is 4.61. The lowest BCUT2D eigenvalue weighted by atomic mass is 9.99. The lowest BCUT2D eigenvalue weighted by Gasteiger charge is -2.31. The fraction of sp³-hybridized carbons (Fsp3) is 0.172. The zero-order valence-corrected chi connectivity index (χ0v) is 20.1. The van der Waals surface area contributed by atoms with Gasteiger partial charge in [0.1, 0.15) is 5.75 Å². The SMILES string of the molecule is Cc1ccccc1-c1c2c(=O)n(C)c(=O)n(C)c2c2n1-c1ccccc1O[C@@H]2c1ccccc1C. The minimum Gasteiger partial charge on any atom is -0.477 e. The molecule has 0 amide bonds. The first kappa shape index (κ1) is 21.2. The number of fused-ring (bicyclic) bond motifs is 5. The minimum absolute atomic E-state index is 0.315. The van der Waals surface area contributed by atoms with Crippen molar-refractivity contribution in [2.24, 2.45) is 14.1 Å². The molecule has 6 rings (SSSR count). The lowest BCUT2D eigenvalue weighted by Crippen LogP contribution is -2.37. The van der Waals surface area contributed by atoms with Gasteiger partial charge in [0.15, 0.2) is 6.10 Å². The Balaban J connectivity index is 1.90. The van der Waals surface area contributed by atoms with Crippen molar-refractivity contribution in [1.29, 1.82) is 0 Å². The summed E-state index contributed by atoms with van der Waals surface area (Å²) in [6.07, 6.45) is -0.496. The van der Waals surface area contributed by atoms with Crippen LogP contribution in [0.25, 0.3) is 27.8 Å². The summed E-state index contributed by atoms with van der Waals surface area (Å²) in [7, 11) is 3.26. The molecule has 3 heterocycles. The van der Waals surface area contributed by atoms with Gasteiger partial charge in [-0.3, -0.25) is 13.9 Å². The van der Waals surface area contributed by atoms with Crippen LogP contribution < -0.4 is 16.0 Å². The fourth-order valence-electron chi connectivity index (χ4n) is 5.30. The van der Waals surface area contributed by atoms with E-state index in [0.29, 0.717) is 10.9 Å². The van der Waals surface area contributed by atoms with E-state index in [1.165, 1.54) is 11.6 Å². The van der Waals surface area contributed by atoms with E-state index in [1.54, 1.807) is 11.6 Å². The summed E-state index contributed by atoms with van der Waals surface area (Å²) in [6.45, 7) is 4.09. The van der Waals surface area contributed by atoms with Gasteiger partial charge in [-0.2, -0.15) is 0 Å². The molecule has 6 nitrogen and oxygen atoms in total. The van der Waals surface area contributed by atoms with Crippen molar-refractivity contribution in [3.8, 4) is 22.7 Å². The van der Waals surface area contributed by atoms with Crippen LogP contribution in [0.5, 0.6) is 5.75 Å². The van der Waals surface area contributed by atoms with Crippen LogP contribution in [-0.2, 0) is 14.1 Å². The summed E-state index contributed by atoms with van der Waals surface area (Å²) in [5.41, 5.74) is 6.37. The van der Waals surface area contributed by atoms with E-state index in [4.69, 9.17) is 4.74 Å². The number of aryl methyl sites for hydroxylation is 3. The Morgan fingerprint density at radius 2 is 1.43 bits per heavy atom. The first-order valence-electron chi connectivity index (χ1n) is 11.6. The molecule has 35 heavy (non-hydrogen) atoms. The molecule has 174 valence electrons. The fourth-order valence-corrected chi connectivity index (χ4v) is 5.30. The highest BCUT2D eigenvalue weighted by Gasteiger charge is 2.36. The average Bonchev–Trinajstić information content (AvgIpc) is 3.23. The highest BCUT2D eigenvalue weighted by molar-refractivity contribution is 5.98. The van der Waals surface area contributed by atoms with Crippen LogP contribution in [0.2, 0.25) is 0 Å². The van der Waals surface area contributed by atoms with Crippen molar-refractivity contribution in [3.63, 3.8) is 0 Å². The zero-order valence-electron chi connectivity index (χ0n) is 20.1. The Labute approximate surface area is 202 Å². The zero-order chi connectivity index (χ0) is 24.4. The Bertz CT molecular complexity index is 1770. The number of aromatic nitrogens is 3. The van der Waals surface area contributed by atoms with Crippen molar-refractivity contribution < 1.29 is 4.74 Å². The number of hydrogen-bond donors (Lipinski definition) is 0. The second kappa shape index (κ2) is 7.60. The first-order valence-corrected chi connectivity index (χ1v) is 11.6. The van der Waals surface area contributed by atoms with E-state index >= 15 is 0 Å². The van der Waals surface area contributed by atoms with E-state index in [1.807, 2.05) is 73.7 Å². The Morgan fingerprint density at radius 3 is 2.17 bits per heavy atom. The van der Waals surface area contributed by atoms with Crippen LogP contribution in [0.4, 0.5) is 0 Å². The van der Waals surface area contributed by atoms with Gasteiger partial charge >= 0.3 is 5.69 Å². The molecule has 0 saturated carbocycles. The smallest absolute Gasteiger partial charge is 0.331 e. The summed E-state index contributed by atoms with van der Waals surface area (Å²) in [5.74, 6) is 0.727. The maximum atomic E-state index is 13.7. The molecule has 0 radical (unpaired) electrons. The molecule has 5 aromatic rings. The summed E-state index contributed by atoms with van der Waals surface area (Å²) >= 11 is 0. The number of para-hydroxylation sites is 2. The maximum absolute atomic E-state index is 13.7. The van der Waals surface area contributed by atoms with E-state index in [9.17, 15) is 9.59 Å². The predicted octanol–water partition coefficient (Wildman–Crippen LogP) is 4.79. The molecule has 0 unspecified atom stereocenters. The topological polar surface area (TPSA) is 58.2 Å². The molecule has 6 heteroatoms. The highest BCUT2D eigenvalue weighted by atomic mass is 16.5. The lowest BCUT2D eigenvalue weighted by molar-refractivity contribution is 0.228. The average molecular weight is 464 g/mol. The standard InChI is InChI=1S/C29H25N3O3/c1-17-11-5-7-13-19(17)24-23-25(30(3)29(34)31(4)28(23)33)26-27(20-14-8-6-12-18(20)2)35-22-16-10-9-15-21(22)32(24)26/h5-16,27H,1-4H3/t27-/m1/s1. The number of ether oxygens (including phenoxy) is 1. The van der Waals surface area contributed by atoms with Crippen LogP contribution in [0, 0.1) is 13.8 Å². The van der Waals surface area contributed by atoms with Crippen molar-refractivity contribution >= 4 is 10.9 Å². The number of rotatable bonds is 2. The molecule has 1 atom stereocenters. The van der Waals surface area contributed by atoms with Gasteiger partial charge in [0.25, 0.3) is 5.56 Å². The molecule has 0 N–H and O–H groups in total. The van der Waals surface area contributed by atoms with E-state index in [2.05, 4.69) is 17.6 Å². The van der Waals surface area contributed by atoms with Crippen molar-refractivity contribution in [1.82, 2.24) is 13.7 Å². The van der Waals surface area contributed by atoms with Gasteiger partial charge in [-0.1, -0.05) is 60.7 Å². The second-order valence-corrected chi connectivity index (χ2v) is 9.14. The molecule has 0 spiro atoms. The Morgan fingerprint density at radius 1 is 0.771 bits per heavy atom. The van der Waals surface area contributed by atoms with E-state index in [0.717, 1.165) is 45.1 Å². The van der Waals surface area contributed by atoms with Gasteiger partial charge in [0.2, 0.25) is 0 Å². The highest BCUT2D eigenvalue weighted by Crippen LogP contribution is 2.47. The number of hydrogen-bond acceptors (Lipinski definition) is 3. The van der Waals surface area contributed by atoms with E-state index < -0.39 is 6.10 Å². The van der Waals surface area contributed by atoms with Crippen LogP contribution in [0.15, 0.2) is 82.4 Å². The predicted molar refractivity (Wildman–Crippen MR) is 138 cm³/mol. The van der Waals surface area contributed by atoms with Gasteiger partial charge < -0.3 is 9.30 Å². The molecule has 2 aromatic heterocycles. The van der Waals surface area contributed by atoms with Crippen molar-refractivity contribution in [2.45, 2.75) is 20.0 Å². The third kappa shape index (κ3) is 2.89. The van der Waals surface area contributed by atoms with Crippen molar-refractivity contribution in [2.75, 3.05) is 0 Å². The maximum Gasteiger partial charge on any atom is 0.331 e. The van der Waals surface area contributed by atoms with Crippen LogP contribution >= 0.6 is 0 Å². The molecule has 1 aliphatic rings. The quantitative estimate of drug-likeness (QED) is 0.378. The molecule has 0 bridgehead atoms. The van der Waals surface area contributed by atoms with Crippen LogP contribution in [-0.4, -0.2) is 13.7 Å². The minimum atomic E-state index is -0.496. The summed E-state index contributed by atoms with van der Waals surface area (Å²) in [6, 6.07) is 24.0. The largest absolute Gasteiger partial charge is 0.477 e. The normalized spacial score (nSPS) is 14.5. The van der Waals surface area contributed by atoms with Gasteiger partial charge in [-0.05, 0) is 37.1 Å². The molecule has 0 saturated heterocycles. The number of nitrogens with zero attached hydrogens (tertiary/aromatic N) is 3. The molecule has 0 aliphatic carbocycles. The number of benzene rings is 3. The molecular formula is C29H25N3O3.